The molecule has 0 aliphatic rings. The number of nitrogens with zero attached hydrogens (tertiary/aromatic N) is 2. The Morgan fingerprint density at radius 1 is 0.951 bits per heavy atom. The standard InChI is InChI=1S/C30H34BrCl2N3O4S/c1-5-21(4)34-30(38)28(6-2)35(18-22-9-12-24(32)17-27(22)33)29(37)19-36(25-13-10-23(31)11-14-25)41(39,40)26-15-7-20(3)8-16-26/h7-17,21,28H,5-6,18-19H2,1-4H3,(H,34,38). The Kier molecular flexibility index (Phi) is 11.7. The number of sulfonamides is 1. The summed E-state index contributed by atoms with van der Waals surface area (Å²) < 4.78 is 29.7. The van der Waals surface area contributed by atoms with Gasteiger partial charge < -0.3 is 10.2 Å². The van der Waals surface area contributed by atoms with Crippen molar-refractivity contribution in [2.75, 3.05) is 10.8 Å². The van der Waals surface area contributed by atoms with Crippen LogP contribution in [0.1, 0.15) is 44.7 Å². The number of rotatable bonds is 12. The second-order valence-corrected chi connectivity index (χ2v) is 13.4. The van der Waals surface area contributed by atoms with Crippen molar-refractivity contribution in [1.82, 2.24) is 10.2 Å². The number of halogens is 3. The summed E-state index contributed by atoms with van der Waals surface area (Å²) in [4.78, 5) is 28.9. The third-order valence-corrected chi connectivity index (χ3v) is 9.65. The van der Waals surface area contributed by atoms with Crippen molar-refractivity contribution in [3.05, 3.63) is 92.4 Å². The van der Waals surface area contributed by atoms with Crippen LogP contribution in [0.4, 0.5) is 5.69 Å². The van der Waals surface area contributed by atoms with Crippen LogP contribution >= 0.6 is 39.1 Å². The van der Waals surface area contributed by atoms with Crippen LogP contribution in [-0.2, 0) is 26.2 Å². The van der Waals surface area contributed by atoms with Gasteiger partial charge in [-0.1, -0.05) is 76.7 Å². The highest BCUT2D eigenvalue weighted by Crippen LogP contribution is 2.28. The van der Waals surface area contributed by atoms with Crippen molar-refractivity contribution in [1.29, 1.82) is 0 Å². The van der Waals surface area contributed by atoms with E-state index in [1.54, 1.807) is 61.5 Å². The predicted molar refractivity (Wildman–Crippen MR) is 169 cm³/mol. The normalized spacial score (nSPS) is 12.9. The van der Waals surface area contributed by atoms with E-state index in [0.717, 1.165) is 14.3 Å². The third kappa shape index (κ3) is 8.47. The molecule has 0 bridgehead atoms. The smallest absolute Gasteiger partial charge is 0.264 e. The van der Waals surface area contributed by atoms with E-state index < -0.39 is 28.5 Å². The molecule has 2 atom stereocenters. The Labute approximate surface area is 261 Å². The minimum absolute atomic E-state index is 0.0139. The molecule has 0 aromatic heterocycles. The molecule has 0 spiro atoms. The molecule has 7 nitrogen and oxygen atoms in total. The van der Waals surface area contributed by atoms with E-state index in [1.165, 1.54) is 17.0 Å². The van der Waals surface area contributed by atoms with Gasteiger partial charge in [0.05, 0.1) is 10.6 Å². The highest BCUT2D eigenvalue weighted by molar-refractivity contribution is 9.10. The van der Waals surface area contributed by atoms with Gasteiger partial charge in [-0.15, -0.1) is 0 Å². The molecule has 0 aliphatic carbocycles. The summed E-state index contributed by atoms with van der Waals surface area (Å²) in [6.07, 6.45) is 1.02. The number of carbonyl (C=O) groups excluding carboxylic acids is 2. The van der Waals surface area contributed by atoms with Crippen molar-refractivity contribution in [2.24, 2.45) is 0 Å². The van der Waals surface area contributed by atoms with Crippen LogP contribution in [0.5, 0.6) is 0 Å². The number of aryl methyl sites for hydroxylation is 1. The summed E-state index contributed by atoms with van der Waals surface area (Å²) in [6.45, 7) is 6.96. The molecule has 0 aliphatic heterocycles. The second-order valence-electron chi connectivity index (χ2n) is 9.80. The van der Waals surface area contributed by atoms with Gasteiger partial charge >= 0.3 is 0 Å². The van der Waals surface area contributed by atoms with Crippen molar-refractivity contribution < 1.29 is 18.0 Å². The minimum Gasteiger partial charge on any atom is -0.352 e. The van der Waals surface area contributed by atoms with E-state index >= 15 is 0 Å². The van der Waals surface area contributed by atoms with Gasteiger partial charge in [-0.3, -0.25) is 13.9 Å². The lowest BCUT2D eigenvalue weighted by atomic mass is 10.1. The predicted octanol–water partition coefficient (Wildman–Crippen LogP) is 6.98. The Balaban J connectivity index is 2.08. The highest BCUT2D eigenvalue weighted by Gasteiger charge is 2.34. The molecule has 0 radical (unpaired) electrons. The first-order chi connectivity index (χ1) is 19.4. The maximum atomic E-state index is 14.1. The van der Waals surface area contributed by atoms with Gasteiger partial charge in [0.1, 0.15) is 12.6 Å². The monoisotopic (exact) mass is 681 g/mol. The fourth-order valence-corrected chi connectivity index (χ4v) is 6.31. The number of hydrogen-bond donors (Lipinski definition) is 1. The maximum absolute atomic E-state index is 14.1. The first kappa shape index (κ1) is 32.9. The van der Waals surface area contributed by atoms with E-state index in [1.807, 2.05) is 20.8 Å². The molecule has 0 fully saturated rings. The number of anilines is 1. The van der Waals surface area contributed by atoms with E-state index in [2.05, 4.69) is 21.2 Å². The summed E-state index contributed by atoms with van der Waals surface area (Å²) >= 11 is 15.9. The summed E-state index contributed by atoms with van der Waals surface area (Å²) in [5, 5.41) is 3.73. The van der Waals surface area contributed by atoms with E-state index in [9.17, 15) is 18.0 Å². The molecule has 3 aromatic carbocycles. The maximum Gasteiger partial charge on any atom is 0.264 e. The zero-order valence-corrected chi connectivity index (χ0v) is 27.3. The van der Waals surface area contributed by atoms with Crippen LogP contribution in [-0.4, -0.2) is 43.8 Å². The summed E-state index contributed by atoms with van der Waals surface area (Å²) in [7, 11) is -4.15. The van der Waals surface area contributed by atoms with Crippen molar-refractivity contribution in [2.45, 2.75) is 64.1 Å². The molecular weight excluding hydrogens is 649 g/mol. The van der Waals surface area contributed by atoms with Crippen LogP contribution in [0.2, 0.25) is 10.0 Å². The largest absolute Gasteiger partial charge is 0.352 e. The fourth-order valence-electron chi connectivity index (χ4n) is 4.17. The summed E-state index contributed by atoms with van der Waals surface area (Å²) in [6, 6.07) is 17.0. The van der Waals surface area contributed by atoms with E-state index in [4.69, 9.17) is 23.2 Å². The van der Waals surface area contributed by atoms with Crippen molar-refractivity contribution in [3.63, 3.8) is 0 Å². The lowest BCUT2D eigenvalue weighted by Crippen LogP contribution is -2.53. The lowest BCUT2D eigenvalue weighted by molar-refractivity contribution is -0.140. The Morgan fingerprint density at radius 2 is 1.59 bits per heavy atom. The Bertz CT molecular complexity index is 1470. The average molecular weight is 683 g/mol. The van der Waals surface area contributed by atoms with Gasteiger partial charge in [-0.2, -0.15) is 0 Å². The fraction of sp³-hybridized carbons (Fsp3) is 0.333. The Hall–Kier alpha value is -2.59. The molecule has 3 aromatic rings. The highest BCUT2D eigenvalue weighted by atomic mass is 79.9. The van der Waals surface area contributed by atoms with Crippen molar-refractivity contribution >= 4 is 66.7 Å². The number of nitrogens with one attached hydrogen (secondary N) is 1. The zero-order chi connectivity index (χ0) is 30.3. The van der Waals surface area contributed by atoms with Gasteiger partial charge in [-0.05, 0) is 80.8 Å². The molecule has 0 saturated heterocycles. The molecule has 2 amide bonds. The summed E-state index contributed by atoms with van der Waals surface area (Å²) in [5.74, 6) is -0.877. The quantitative estimate of drug-likeness (QED) is 0.223. The van der Waals surface area contributed by atoms with Crippen LogP contribution < -0.4 is 9.62 Å². The number of benzene rings is 3. The average Bonchev–Trinajstić information content (AvgIpc) is 2.93. The SMILES string of the molecule is CCC(C)NC(=O)C(CC)N(Cc1ccc(Cl)cc1Cl)C(=O)CN(c1ccc(Br)cc1)S(=O)(=O)c1ccc(C)cc1. The first-order valence-corrected chi connectivity index (χ1v) is 16.2. The molecule has 2 unspecified atom stereocenters. The molecule has 41 heavy (non-hydrogen) atoms. The Morgan fingerprint density at radius 3 is 2.15 bits per heavy atom. The molecule has 220 valence electrons. The number of carbonyl (C=O) groups is 2. The molecule has 0 saturated carbocycles. The van der Waals surface area contributed by atoms with Gasteiger partial charge in [0.15, 0.2) is 0 Å². The molecule has 11 heteroatoms. The first-order valence-electron chi connectivity index (χ1n) is 13.3. The van der Waals surface area contributed by atoms with E-state index in [0.29, 0.717) is 34.1 Å². The van der Waals surface area contributed by atoms with Crippen LogP contribution in [0.3, 0.4) is 0 Å². The van der Waals surface area contributed by atoms with Gasteiger partial charge in [0, 0.05) is 27.1 Å². The van der Waals surface area contributed by atoms with Crippen LogP contribution in [0.25, 0.3) is 0 Å². The van der Waals surface area contributed by atoms with Crippen LogP contribution in [0, 0.1) is 6.92 Å². The van der Waals surface area contributed by atoms with Crippen molar-refractivity contribution in [3.8, 4) is 0 Å². The molecule has 3 rings (SSSR count). The number of amides is 2. The topological polar surface area (TPSA) is 86.8 Å². The van der Waals surface area contributed by atoms with Gasteiger partial charge in [0.25, 0.3) is 10.0 Å². The zero-order valence-electron chi connectivity index (χ0n) is 23.4. The van der Waals surface area contributed by atoms with Gasteiger partial charge in [-0.25, -0.2) is 8.42 Å². The summed E-state index contributed by atoms with van der Waals surface area (Å²) in [5.41, 5.74) is 1.79. The molecular formula is C30H34BrCl2N3O4S. The minimum atomic E-state index is -4.15. The number of hydrogen-bond acceptors (Lipinski definition) is 4. The lowest BCUT2D eigenvalue weighted by Gasteiger charge is -2.34. The van der Waals surface area contributed by atoms with E-state index in [-0.39, 0.29) is 23.4 Å². The van der Waals surface area contributed by atoms with Crippen LogP contribution in [0.15, 0.2) is 76.1 Å². The second kappa shape index (κ2) is 14.5. The van der Waals surface area contributed by atoms with Gasteiger partial charge in [0.2, 0.25) is 11.8 Å². The molecule has 1 N–H and O–H groups in total. The molecule has 0 heterocycles. The third-order valence-electron chi connectivity index (χ3n) is 6.75.